The molecule has 0 atom stereocenters. The molecule has 6 aromatic heterocycles. The van der Waals surface area contributed by atoms with Gasteiger partial charge in [-0.25, -0.2) is 15.0 Å². The number of fused-ring (bicyclic) bond motifs is 9. The molecule has 57 heavy (non-hydrogen) atoms. The second-order valence-electron chi connectivity index (χ2n) is 13.2. The zero-order valence-corrected chi connectivity index (χ0v) is 29.4. The first-order chi connectivity index (χ1) is 33.7. The van der Waals surface area contributed by atoms with Crippen molar-refractivity contribution in [1.82, 2.24) is 38.6 Å². The van der Waals surface area contributed by atoms with Gasteiger partial charge in [-0.05, 0) is 60.6 Å². The highest BCUT2D eigenvalue weighted by atomic mass is 15.2. The molecule has 0 bridgehead atoms. The van der Waals surface area contributed by atoms with Crippen molar-refractivity contribution < 1.29 is 17.8 Å². The van der Waals surface area contributed by atoms with E-state index < -0.39 is 95.9 Å². The molecule has 6 heterocycles. The molecule has 8 nitrogen and oxygen atoms in total. The molecule has 0 amide bonds. The van der Waals surface area contributed by atoms with Crippen molar-refractivity contribution in [2.24, 2.45) is 0 Å². The number of pyridine rings is 2. The summed E-state index contributed by atoms with van der Waals surface area (Å²) in [5.41, 5.74) is 2.97. The maximum atomic E-state index is 9.25. The van der Waals surface area contributed by atoms with E-state index in [-0.39, 0.29) is 33.2 Å². The van der Waals surface area contributed by atoms with Gasteiger partial charge in [-0.2, -0.15) is 9.97 Å². The van der Waals surface area contributed by atoms with Crippen LogP contribution in [0.5, 0.6) is 0 Å². The first kappa shape index (κ1) is 21.2. The zero-order chi connectivity index (χ0) is 48.8. The summed E-state index contributed by atoms with van der Waals surface area (Å²) in [7, 11) is 0. The van der Waals surface area contributed by atoms with Crippen LogP contribution in [0.15, 0.2) is 182 Å². The molecule has 6 aromatic carbocycles. The first-order valence-electron chi connectivity index (χ1n) is 24.4. The van der Waals surface area contributed by atoms with E-state index in [9.17, 15) is 2.74 Å². The summed E-state index contributed by atoms with van der Waals surface area (Å²) < 4.78 is 120. The second-order valence-corrected chi connectivity index (χ2v) is 13.2. The maximum Gasteiger partial charge on any atom is 0.238 e. The highest BCUT2D eigenvalue weighted by Gasteiger charge is 2.26. The van der Waals surface area contributed by atoms with Crippen molar-refractivity contribution >= 4 is 65.7 Å². The number of aromatic nitrogens is 8. The quantitative estimate of drug-likeness (QED) is 0.175. The predicted octanol–water partition coefficient (Wildman–Crippen LogP) is 11.3. The molecule has 0 N–H and O–H groups in total. The molecule has 266 valence electrons. The van der Waals surface area contributed by atoms with Crippen molar-refractivity contribution in [2.45, 2.75) is 0 Å². The van der Waals surface area contributed by atoms with Crippen molar-refractivity contribution in [2.75, 3.05) is 0 Å². The first-order valence-corrected chi connectivity index (χ1v) is 17.9. The van der Waals surface area contributed by atoms with Gasteiger partial charge in [0.15, 0.2) is 11.6 Å². The van der Waals surface area contributed by atoms with Crippen LogP contribution in [-0.4, -0.2) is 38.6 Å². The lowest BCUT2D eigenvalue weighted by Gasteiger charge is -2.20. The lowest BCUT2D eigenvalue weighted by molar-refractivity contribution is 0.950. The van der Waals surface area contributed by atoms with Gasteiger partial charge >= 0.3 is 0 Å². The summed E-state index contributed by atoms with van der Waals surface area (Å²) >= 11 is 0. The molecule has 8 heteroatoms. The van der Waals surface area contributed by atoms with Crippen LogP contribution in [0.25, 0.3) is 106 Å². The highest BCUT2D eigenvalue weighted by Crippen LogP contribution is 2.41. The average Bonchev–Trinajstić information content (AvgIpc) is 4.04. The van der Waals surface area contributed by atoms with E-state index in [0.29, 0.717) is 22.7 Å². The minimum Gasteiger partial charge on any atom is -0.292 e. The van der Waals surface area contributed by atoms with Gasteiger partial charge in [-0.3, -0.25) is 13.7 Å². The molecule has 0 radical (unpaired) electrons. The van der Waals surface area contributed by atoms with E-state index in [0.717, 1.165) is 37.1 Å². The minimum atomic E-state index is -0.683. The van der Waals surface area contributed by atoms with Gasteiger partial charge in [-0.1, -0.05) is 109 Å². The number of hydrogen-bond donors (Lipinski definition) is 0. The fraction of sp³-hybridized carbons (Fsp3) is 0. The van der Waals surface area contributed by atoms with Gasteiger partial charge < -0.3 is 0 Å². The molecule has 0 aliphatic heterocycles. The maximum absolute atomic E-state index is 9.25. The topological polar surface area (TPSA) is 79.2 Å². The van der Waals surface area contributed by atoms with E-state index in [4.69, 9.17) is 40.0 Å². The van der Waals surface area contributed by atoms with E-state index in [2.05, 4.69) is 0 Å². The van der Waals surface area contributed by atoms with Gasteiger partial charge in [-0.15, -0.1) is 0 Å². The Labute approximate surface area is 343 Å². The molecule has 0 saturated heterocycles. The molecular weight excluding hydrogens is 701 g/mol. The van der Waals surface area contributed by atoms with Crippen molar-refractivity contribution in [3.05, 3.63) is 182 Å². The SMILES string of the molecule is [2H]c1c([2H])c([2H])c(-c2nc(-c3cccc(-n4c5ccccc5c5cccnc54)c3-n3c4ccccc4c4cccnc43)nc(-n3c4c([2H])c([2H])c([2H])c([2H])c4c4c([2H])c([2H])c([2H])c([2H])c43)n2)c([2H])c1[2H]. The molecule has 0 saturated carbocycles. The molecule has 0 spiro atoms. The van der Waals surface area contributed by atoms with E-state index in [1.807, 2.05) is 88.0 Å². The van der Waals surface area contributed by atoms with Crippen LogP contribution in [0.4, 0.5) is 0 Å². The lowest BCUT2D eigenvalue weighted by Crippen LogP contribution is -2.10. The summed E-state index contributed by atoms with van der Waals surface area (Å²) in [5, 5.41) is 2.96. The molecule has 0 fully saturated rings. The van der Waals surface area contributed by atoms with Crippen LogP contribution in [-0.2, 0) is 0 Å². The number of para-hydroxylation sites is 5. The van der Waals surface area contributed by atoms with Crippen LogP contribution in [0.3, 0.4) is 0 Å². The van der Waals surface area contributed by atoms with Crippen molar-refractivity contribution in [3.63, 3.8) is 0 Å². The number of benzene rings is 6. The third-order valence-corrected chi connectivity index (χ3v) is 10.2. The van der Waals surface area contributed by atoms with Crippen LogP contribution >= 0.6 is 0 Å². The van der Waals surface area contributed by atoms with Gasteiger partial charge in [0.25, 0.3) is 0 Å². The fourth-order valence-corrected chi connectivity index (χ4v) is 7.87. The Morgan fingerprint density at radius 3 is 1.65 bits per heavy atom. The molecule has 0 unspecified atom stereocenters. The number of rotatable bonds is 5. The average molecular weight is 744 g/mol. The smallest absolute Gasteiger partial charge is 0.238 e. The Kier molecular flexibility index (Phi) is 4.57. The molecule has 12 aromatic rings. The number of hydrogen-bond acceptors (Lipinski definition) is 5. The summed E-state index contributed by atoms with van der Waals surface area (Å²) in [6, 6.07) is 20.2. The van der Waals surface area contributed by atoms with Gasteiger partial charge in [0.05, 0.1) is 51.3 Å². The molecule has 0 aliphatic rings. The third kappa shape index (κ3) is 4.64. The minimum absolute atomic E-state index is 0.157. The van der Waals surface area contributed by atoms with Crippen molar-refractivity contribution in [1.29, 1.82) is 0 Å². The van der Waals surface area contributed by atoms with Crippen LogP contribution in [0.2, 0.25) is 0 Å². The Morgan fingerprint density at radius 2 is 0.965 bits per heavy atom. The number of nitrogens with zero attached hydrogens (tertiary/aromatic N) is 8. The summed E-state index contributed by atoms with van der Waals surface area (Å²) in [6.45, 7) is 0. The van der Waals surface area contributed by atoms with Gasteiger partial charge in [0.1, 0.15) is 11.3 Å². The highest BCUT2D eigenvalue weighted by molar-refractivity contribution is 6.11. The van der Waals surface area contributed by atoms with Gasteiger partial charge in [0.2, 0.25) is 5.95 Å². The molecular formula is C49H30N8. The third-order valence-electron chi connectivity index (χ3n) is 10.2. The van der Waals surface area contributed by atoms with Gasteiger partial charge in [0, 0.05) is 55.8 Å². The van der Waals surface area contributed by atoms with E-state index >= 15 is 0 Å². The monoisotopic (exact) mass is 743 g/mol. The summed E-state index contributed by atoms with van der Waals surface area (Å²) in [5.74, 6) is -1.04. The standard InChI is InChI=1S/C49H30N8/c1-2-15-31(16-3-1)45-52-46(54-49(53-45)56-40-25-9-4-17-32(40)33-18-5-10-26-41(33)56)38-21-12-28-43(55-39-24-8-6-19-34(39)36-22-13-29-50-47(36)55)44(38)57-42-27-11-7-20-35(42)37-23-14-30-51-48(37)57/h1-30H/i1D,2D,3D,4D,5D,9D,10D,15D,16D,17D,18D,25D,26D. The van der Waals surface area contributed by atoms with Crippen LogP contribution in [0, 0.1) is 0 Å². The zero-order valence-electron chi connectivity index (χ0n) is 42.4. The molecule has 0 aliphatic carbocycles. The Balaban J connectivity index is 1.31. The predicted molar refractivity (Wildman–Crippen MR) is 229 cm³/mol. The summed E-state index contributed by atoms with van der Waals surface area (Å²) in [4.78, 5) is 24.5. The van der Waals surface area contributed by atoms with Crippen LogP contribution in [0.1, 0.15) is 17.8 Å². The summed E-state index contributed by atoms with van der Waals surface area (Å²) in [6.07, 6.45) is 3.37. The van der Waals surface area contributed by atoms with Crippen molar-refractivity contribution in [3.8, 4) is 40.1 Å². The van der Waals surface area contributed by atoms with Crippen LogP contribution < -0.4 is 0 Å². The van der Waals surface area contributed by atoms with E-state index in [1.165, 1.54) is 0 Å². The largest absolute Gasteiger partial charge is 0.292 e. The second kappa shape index (κ2) is 12.3. The fourth-order valence-electron chi connectivity index (χ4n) is 7.87. The normalized spacial score (nSPS) is 15.1. The Bertz CT molecular complexity index is 4100. The lowest BCUT2D eigenvalue weighted by atomic mass is 10.1. The van der Waals surface area contributed by atoms with E-state index in [1.54, 1.807) is 24.5 Å². The Hall–Kier alpha value is -7.97. The Morgan fingerprint density at radius 1 is 0.404 bits per heavy atom. The molecule has 12 rings (SSSR count).